The molecule has 3 fully saturated rings. The lowest BCUT2D eigenvalue weighted by Gasteiger charge is -2.50. The number of aryl methyl sites for hydroxylation is 1. The Hall–Kier alpha value is -2.32. The number of nitrogens with zero attached hydrogens (tertiary/aromatic N) is 7. The van der Waals surface area contributed by atoms with Crippen LogP contribution in [0.3, 0.4) is 0 Å². The number of hydrogen-bond acceptors (Lipinski definition) is 5. The van der Waals surface area contributed by atoms with E-state index in [1.807, 2.05) is 19.2 Å². The van der Waals surface area contributed by atoms with Crippen molar-refractivity contribution in [1.82, 2.24) is 15.1 Å². The van der Waals surface area contributed by atoms with Crippen LogP contribution in [0.25, 0.3) is 0 Å². The molecule has 2 bridgehead atoms. The molecule has 8 nitrogen and oxygen atoms in total. The predicted octanol–water partition coefficient (Wildman–Crippen LogP) is 2.40. The molecule has 1 N–H and O–H groups in total. The van der Waals surface area contributed by atoms with Crippen molar-refractivity contribution in [2.24, 2.45) is 17.3 Å². The molecule has 0 spiro atoms. The van der Waals surface area contributed by atoms with Gasteiger partial charge in [0.05, 0.1) is 38.9 Å². The Labute approximate surface area is 173 Å². The summed E-state index contributed by atoms with van der Waals surface area (Å²) in [7, 11) is 1.89. The minimum atomic E-state index is 0.632. The van der Waals surface area contributed by atoms with Crippen molar-refractivity contribution >= 4 is 17.3 Å². The fourth-order valence-corrected chi connectivity index (χ4v) is 4.54. The average Bonchev–Trinajstić information content (AvgIpc) is 3.18. The van der Waals surface area contributed by atoms with Crippen LogP contribution in [0.1, 0.15) is 19.8 Å². The molecule has 0 amide bonds. The number of benzene rings is 1. The molecular weight excluding hydrogens is 364 g/mol. The van der Waals surface area contributed by atoms with Gasteiger partial charge in [0.25, 0.3) is 0 Å². The number of hydrogen-bond donors (Lipinski definition) is 1. The van der Waals surface area contributed by atoms with Gasteiger partial charge >= 0.3 is 5.95 Å². The quantitative estimate of drug-likeness (QED) is 0.401. The second kappa shape index (κ2) is 9.00. The highest BCUT2D eigenvalue weighted by Crippen LogP contribution is 2.23. The highest BCUT2D eigenvalue weighted by molar-refractivity contribution is 5.52. The third-order valence-electron chi connectivity index (χ3n) is 6.43. The van der Waals surface area contributed by atoms with Crippen LogP contribution in [0.4, 0.5) is 17.3 Å². The van der Waals surface area contributed by atoms with Gasteiger partial charge in [-0.3, -0.25) is 4.90 Å². The molecule has 0 aliphatic carbocycles. The van der Waals surface area contributed by atoms with Crippen LogP contribution in [-0.4, -0.2) is 78.5 Å². The van der Waals surface area contributed by atoms with Gasteiger partial charge in [-0.25, -0.2) is 4.57 Å². The number of piperazine rings is 3. The van der Waals surface area contributed by atoms with Gasteiger partial charge in [0.15, 0.2) is 0 Å². The Kier molecular flexibility index (Phi) is 6.20. The van der Waals surface area contributed by atoms with Crippen LogP contribution < -0.4 is 9.47 Å². The summed E-state index contributed by atoms with van der Waals surface area (Å²) in [5.74, 6) is 0.632. The molecule has 29 heavy (non-hydrogen) atoms. The third-order valence-corrected chi connectivity index (χ3v) is 6.43. The predicted molar refractivity (Wildman–Crippen MR) is 114 cm³/mol. The van der Waals surface area contributed by atoms with Crippen molar-refractivity contribution in [3.63, 3.8) is 0 Å². The zero-order valence-electron chi connectivity index (χ0n) is 17.8. The number of anilines is 1. The van der Waals surface area contributed by atoms with E-state index in [4.69, 9.17) is 0 Å². The average molecular weight is 399 g/mol. The zero-order valence-corrected chi connectivity index (χ0v) is 17.8. The van der Waals surface area contributed by atoms with Crippen LogP contribution in [0, 0.1) is 0 Å². The first-order valence-electron chi connectivity index (χ1n) is 10.9. The Bertz CT molecular complexity index is 791. The van der Waals surface area contributed by atoms with E-state index in [2.05, 4.69) is 49.3 Å². The Morgan fingerprint density at radius 2 is 1.83 bits per heavy atom. The van der Waals surface area contributed by atoms with Gasteiger partial charge in [-0.15, -0.1) is 5.10 Å². The van der Waals surface area contributed by atoms with Crippen LogP contribution in [0.5, 0.6) is 0 Å². The number of nitrogens with one attached hydrogen (secondary N) is 1. The van der Waals surface area contributed by atoms with Gasteiger partial charge in [-0.05, 0) is 35.8 Å². The van der Waals surface area contributed by atoms with E-state index < -0.39 is 0 Å². The Balaban J connectivity index is 1.34. The highest BCUT2D eigenvalue weighted by Gasteiger charge is 2.37. The molecule has 156 valence electrons. The SMILES string of the molecule is CCCN(CCC[N+]12CCN(CC1)CC2)c1ccc(N=Nc2[nH]nc[n+]2C)cc1. The number of aromatic nitrogens is 3. The number of H-pyrrole nitrogens is 1. The molecule has 0 atom stereocenters. The lowest BCUT2D eigenvalue weighted by molar-refractivity contribution is -0.941. The van der Waals surface area contributed by atoms with Crippen molar-refractivity contribution in [3.8, 4) is 0 Å². The van der Waals surface area contributed by atoms with Gasteiger partial charge in [0, 0.05) is 49.9 Å². The normalized spacial score (nSPS) is 23.7. The number of azo groups is 1. The Morgan fingerprint density at radius 3 is 2.45 bits per heavy atom. The first-order chi connectivity index (χ1) is 14.2. The van der Waals surface area contributed by atoms with Crippen molar-refractivity contribution < 1.29 is 9.05 Å². The molecule has 1 aromatic heterocycles. The standard InChI is InChI=1S/C21H33N8/c1-3-9-28(10-4-14-29-15-11-27(12-16-29)13-17-29)20-7-5-19(6-8-20)23-25-21-24-22-18-26(21)2/h5-8,18H,3-4,9-17H2,1-2H3/q+1/p+1. The summed E-state index contributed by atoms with van der Waals surface area (Å²) < 4.78 is 3.15. The molecular formula is C21H34N8+2. The van der Waals surface area contributed by atoms with E-state index in [-0.39, 0.29) is 0 Å². The van der Waals surface area contributed by atoms with Gasteiger partial charge in [0.1, 0.15) is 0 Å². The number of aromatic amines is 1. The van der Waals surface area contributed by atoms with Crippen LogP contribution in [-0.2, 0) is 7.05 Å². The van der Waals surface area contributed by atoms with E-state index in [0.717, 1.165) is 25.2 Å². The minimum absolute atomic E-state index is 0.632. The third kappa shape index (κ3) is 4.82. The summed E-state index contributed by atoms with van der Waals surface area (Å²) in [6.45, 7) is 13.7. The van der Waals surface area contributed by atoms with E-state index in [9.17, 15) is 0 Å². The molecule has 0 unspecified atom stereocenters. The fraction of sp³-hybridized carbons (Fsp3) is 0.619. The van der Waals surface area contributed by atoms with Crippen LogP contribution >= 0.6 is 0 Å². The zero-order chi connectivity index (χ0) is 20.1. The number of fused-ring (bicyclic) bond motifs is 3. The second-order valence-corrected chi connectivity index (χ2v) is 8.43. The molecule has 1 aromatic carbocycles. The summed E-state index contributed by atoms with van der Waals surface area (Å²) in [4.78, 5) is 5.14. The van der Waals surface area contributed by atoms with E-state index in [1.54, 1.807) is 10.9 Å². The lowest BCUT2D eigenvalue weighted by Crippen LogP contribution is -2.67. The molecule has 2 aromatic rings. The van der Waals surface area contributed by atoms with Crippen molar-refractivity contribution in [3.05, 3.63) is 30.6 Å². The summed E-state index contributed by atoms with van der Waals surface area (Å²) >= 11 is 0. The topological polar surface area (TPSA) is 63.8 Å². The largest absolute Gasteiger partial charge is 0.401 e. The van der Waals surface area contributed by atoms with Gasteiger partial charge in [0.2, 0.25) is 6.33 Å². The number of quaternary nitrogens is 1. The van der Waals surface area contributed by atoms with Crippen molar-refractivity contribution in [2.45, 2.75) is 19.8 Å². The van der Waals surface area contributed by atoms with Crippen molar-refractivity contribution in [2.75, 3.05) is 63.8 Å². The molecule has 3 aliphatic rings. The highest BCUT2D eigenvalue weighted by atomic mass is 15.5. The smallest absolute Gasteiger partial charge is 0.371 e. The summed E-state index contributed by atoms with van der Waals surface area (Å²) in [5.41, 5.74) is 2.13. The Morgan fingerprint density at radius 1 is 1.10 bits per heavy atom. The molecule has 3 saturated heterocycles. The van der Waals surface area contributed by atoms with Crippen LogP contribution in [0.15, 0.2) is 40.8 Å². The monoisotopic (exact) mass is 398 g/mol. The van der Waals surface area contributed by atoms with E-state index in [1.165, 1.54) is 62.4 Å². The van der Waals surface area contributed by atoms with Gasteiger partial charge in [-0.1, -0.05) is 12.0 Å². The summed E-state index contributed by atoms with van der Waals surface area (Å²) in [6, 6.07) is 8.43. The maximum Gasteiger partial charge on any atom is 0.401 e. The van der Waals surface area contributed by atoms with Gasteiger partial charge < -0.3 is 9.38 Å². The maximum absolute atomic E-state index is 4.31. The molecule has 0 saturated carbocycles. The van der Waals surface area contributed by atoms with Crippen molar-refractivity contribution in [1.29, 1.82) is 0 Å². The van der Waals surface area contributed by atoms with E-state index >= 15 is 0 Å². The van der Waals surface area contributed by atoms with E-state index in [0.29, 0.717) is 5.95 Å². The first-order valence-corrected chi connectivity index (χ1v) is 10.9. The summed E-state index contributed by atoms with van der Waals surface area (Å²) in [6.07, 6.45) is 4.10. The lowest BCUT2D eigenvalue weighted by atomic mass is 10.1. The molecule has 5 rings (SSSR count). The second-order valence-electron chi connectivity index (χ2n) is 8.43. The molecule has 0 radical (unpaired) electrons. The minimum Gasteiger partial charge on any atom is -0.371 e. The summed E-state index contributed by atoms with van der Waals surface area (Å²) in [5, 5.41) is 15.3. The molecule has 4 heterocycles. The number of rotatable bonds is 9. The van der Waals surface area contributed by atoms with Gasteiger partial charge in [-0.2, -0.15) is 0 Å². The molecule has 8 heteroatoms. The maximum atomic E-state index is 4.31. The first kappa shape index (κ1) is 20.0. The molecule has 3 aliphatic heterocycles. The fourth-order valence-electron chi connectivity index (χ4n) is 4.54. The van der Waals surface area contributed by atoms with Crippen LogP contribution in [0.2, 0.25) is 0 Å².